The predicted molar refractivity (Wildman–Crippen MR) is 135 cm³/mol. The van der Waals surface area contributed by atoms with Crippen molar-refractivity contribution in [3.8, 4) is 17.4 Å². The highest BCUT2D eigenvalue weighted by Gasteiger charge is 2.27. The molecule has 0 saturated carbocycles. The molecule has 1 aromatic heterocycles. The second-order valence-corrected chi connectivity index (χ2v) is 10.6. The lowest BCUT2D eigenvalue weighted by Crippen LogP contribution is -2.28. The van der Waals surface area contributed by atoms with E-state index in [1.165, 1.54) is 6.07 Å². The maximum absolute atomic E-state index is 13.4. The van der Waals surface area contributed by atoms with Crippen molar-refractivity contribution in [1.29, 1.82) is 0 Å². The highest BCUT2D eigenvalue weighted by atomic mass is 35.5. The maximum Gasteiger partial charge on any atom is 0.262 e. The van der Waals surface area contributed by atoms with E-state index in [9.17, 15) is 8.42 Å². The van der Waals surface area contributed by atoms with Gasteiger partial charge in [-0.25, -0.2) is 13.4 Å². The number of likely N-dealkylation sites (N-methyl/N-ethyl adjacent to an activating group) is 1. The molecule has 35 heavy (non-hydrogen) atoms. The number of nitrogens with one attached hydrogen (secondary N) is 1. The van der Waals surface area contributed by atoms with Crippen molar-refractivity contribution in [1.82, 2.24) is 4.98 Å². The van der Waals surface area contributed by atoms with E-state index in [1.54, 1.807) is 25.3 Å². The van der Waals surface area contributed by atoms with E-state index >= 15 is 0 Å². The van der Waals surface area contributed by atoms with Crippen LogP contribution < -0.4 is 23.8 Å². The molecule has 1 N–H and O–H groups in total. The first-order valence-corrected chi connectivity index (χ1v) is 13.2. The molecule has 184 valence electrons. The first kappa shape index (κ1) is 23.6. The number of fused-ring (bicyclic) bond motifs is 2. The summed E-state index contributed by atoms with van der Waals surface area (Å²) in [7, 11) is -1.97. The molecule has 0 unspecified atom stereocenters. The lowest BCUT2D eigenvalue weighted by molar-refractivity contribution is 0.274. The molecule has 0 radical (unpaired) electrons. The summed E-state index contributed by atoms with van der Waals surface area (Å²) in [5.41, 5.74) is 3.37. The minimum Gasteiger partial charge on any atom is -0.491 e. The Morgan fingerprint density at radius 3 is 2.91 bits per heavy atom. The molecule has 10 heteroatoms. The number of ether oxygens (including phenoxy) is 3. The number of halogens is 1. The zero-order valence-electron chi connectivity index (χ0n) is 19.5. The van der Waals surface area contributed by atoms with Gasteiger partial charge in [0.15, 0.2) is 11.4 Å². The third kappa shape index (κ3) is 4.70. The van der Waals surface area contributed by atoms with Gasteiger partial charge in [-0.2, -0.15) is 0 Å². The van der Waals surface area contributed by atoms with Gasteiger partial charge < -0.3 is 19.1 Å². The van der Waals surface area contributed by atoms with Gasteiger partial charge in [0.05, 0.1) is 23.7 Å². The van der Waals surface area contributed by atoms with Crippen molar-refractivity contribution in [2.24, 2.45) is 0 Å². The number of nitrogens with zero attached hydrogens (tertiary/aromatic N) is 2. The molecule has 2 aliphatic rings. The zero-order valence-corrected chi connectivity index (χ0v) is 21.1. The molecule has 0 spiro atoms. The molecule has 0 fully saturated rings. The van der Waals surface area contributed by atoms with E-state index in [4.69, 9.17) is 25.8 Å². The van der Waals surface area contributed by atoms with Crippen molar-refractivity contribution in [3.05, 3.63) is 64.3 Å². The topological polar surface area (TPSA) is 90.0 Å². The molecular weight excluding hydrogens is 490 g/mol. The van der Waals surface area contributed by atoms with Gasteiger partial charge in [-0.15, -0.1) is 0 Å². The minimum absolute atomic E-state index is 0.0853. The average Bonchev–Trinajstić information content (AvgIpc) is 2.85. The molecule has 8 nitrogen and oxygen atoms in total. The fourth-order valence-corrected chi connectivity index (χ4v) is 5.76. The molecule has 0 aliphatic carbocycles. The quantitative estimate of drug-likeness (QED) is 0.514. The Labute approximate surface area is 209 Å². The summed E-state index contributed by atoms with van der Waals surface area (Å²) in [4.78, 5) is 6.65. The molecular formula is C25H26ClN3O5S. The summed E-state index contributed by atoms with van der Waals surface area (Å²) in [6.45, 7) is 3.79. The van der Waals surface area contributed by atoms with Crippen LogP contribution in [0.2, 0.25) is 5.02 Å². The van der Waals surface area contributed by atoms with Gasteiger partial charge >= 0.3 is 0 Å². The number of rotatable bonds is 6. The van der Waals surface area contributed by atoms with Crippen molar-refractivity contribution < 1.29 is 22.6 Å². The van der Waals surface area contributed by atoms with Crippen molar-refractivity contribution >= 4 is 33.0 Å². The van der Waals surface area contributed by atoms with Gasteiger partial charge in [0.2, 0.25) is 5.88 Å². The van der Waals surface area contributed by atoms with Crippen LogP contribution in [-0.2, 0) is 23.1 Å². The summed E-state index contributed by atoms with van der Waals surface area (Å²) < 4.78 is 47.0. The smallest absolute Gasteiger partial charge is 0.262 e. The van der Waals surface area contributed by atoms with Crippen LogP contribution in [0.4, 0.5) is 11.4 Å². The molecule has 3 heterocycles. The lowest BCUT2D eigenvalue weighted by Gasteiger charge is -2.28. The zero-order chi connectivity index (χ0) is 24.6. The fraction of sp³-hybridized carbons (Fsp3) is 0.320. The lowest BCUT2D eigenvalue weighted by atomic mass is 10.1. The normalized spacial score (nSPS) is 14.9. The van der Waals surface area contributed by atoms with Crippen LogP contribution in [0.1, 0.15) is 23.1 Å². The molecule has 0 atom stereocenters. The van der Waals surface area contributed by atoms with E-state index in [2.05, 4.69) is 14.6 Å². The molecule has 0 saturated heterocycles. The van der Waals surface area contributed by atoms with E-state index in [1.807, 2.05) is 25.2 Å². The number of aromatic nitrogens is 1. The Morgan fingerprint density at radius 2 is 2.06 bits per heavy atom. The number of sulfonamides is 1. The van der Waals surface area contributed by atoms with Crippen LogP contribution in [-0.4, -0.2) is 40.2 Å². The highest BCUT2D eigenvalue weighted by molar-refractivity contribution is 7.92. The van der Waals surface area contributed by atoms with Crippen LogP contribution in [0.15, 0.2) is 47.5 Å². The maximum atomic E-state index is 13.4. The Morgan fingerprint density at radius 1 is 1.20 bits per heavy atom. The summed E-state index contributed by atoms with van der Waals surface area (Å²) in [6, 6.07) is 10.6. The Kier molecular flexibility index (Phi) is 6.37. The standard InChI is InChI=1S/C25H26ClN3O5S/c1-16-19(26)6-3-7-22(16)35(30,31)28-23-24-18(5-4-11-33-24)14-27-25(23)34-15-17-8-9-21-20(13-17)29(2)10-12-32-21/h3,6-9,13-14,28H,4-5,10-12,15H2,1-2H3. The number of aryl methyl sites for hydroxylation is 1. The highest BCUT2D eigenvalue weighted by Crippen LogP contribution is 2.41. The van der Waals surface area contributed by atoms with Crippen LogP contribution in [0.25, 0.3) is 0 Å². The number of benzene rings is 2. The number of anilines is 2. The minimum atomic E-state index is -3.98. The largest absolute Gasteiger partial charge is 0.491 e. The summed E-state index contributed by atoms with van der Waals surface area (Å²) in [6.07, 6.45) is 3.25. The average molecular weight is 516 g/mol. The van der Waals surface area contributed by atoms with E-state index < -0.39 is 10.0 Å². The Bertz CT molecular complexity index is 1380. The molecule has 0 amide bonds. The summed E-state index contributed by atoms with van der Waals surface area (Å²) >= 11 is 6.18. The van der Waals surface area contributed by atoms with Crippen LogP contribution >= 0.6 is 11.6 Å². The van der Waals surface area contributed by atoms with Gasteiger partial charge in [-0.1, -0.05) is 23.7 Å². The first-order chi connectivity index (χ1) is 16.8. The van der Waals surface area contributed by atoms with E-state index in [0.29, 0.717) is 29.5 Å². The summed E-state index contributed by atoms with van der Waals surface area (Å²) in [5, 5.41) is 0.371. The first-order valence-electron chi connectivity index (χ1n) is 11.4. The Hall–Kier alpha value is -3.17. The summed E-state index contributed by atoms with van der Waals surface area (Å²) in [5.74, 6) is 1.42. The molecule has 5 rings (SSSR count). The fourth-order valence-electron chi connectivity index (χ4n) is 4.20. The van der Waals surface area contributed by atoms with Crippen molar-refractivity contribution in [2.75, 3.05) is 36.4 Å². The van der Waals surface area contributed by atoms with Gasteiger partial charge in [0.1, 0.15) is 19.0 Å². The van der Waals surface area contributed by atoms with Crippen LogP contribution in [0, 0.1) is 6.92 Å². The monoisotopic (exact) mass is 515 g/mol. The molecule has 2 aliphatic heterocycles. The number of hydrogen-bond acceptors (Lipinski definition) is 7. The molecule has 2 aromatic carbocycles. The Balaban J connectivity index is 1.47. The predicted octanol–water partition coefficient (Wildman–Crippen LogP) is 4.58. The van der Waals surface area contributed by atoms with Gasteiger partial charge in [-0.3, -0.25) is 4.72 Å². The second-order valence-electron chi connectivity index (χ2n) is 8.57. The molecule has 3 aromatic rings. The van der Waals surface area contributed by atoms with Crippen LogP contribution in [0.3, 0.4) is 0 Å². The van der Waals surface area contributed by atoms with Crippen molar-refractivity contribution in [2.45, 2.75) is 31.3 Å². The third-order valence-corrected chi connectivity index (χ3v) is 8.05. The number of pyridine rings is 1. The van der Waals surface area contributed by atoms with Crippen LogP contribution in [0.5, 0.6) is 17.4 Å². The molecule has 0 bridgehead atoms. The SMILES string of the molecule is Cc1c(Cl)cccc1S(=O)(=O)Nc1c(OCc2ccc3c(c2)N(C)CCO3)ncc2c1OCCC2. The van der Waals surface area contributed by atoms with E-state index in [0.717, 1.165) is 42.0 Å². The van der Waals surface area contributed by atoms with Crippen molar-refractivity contribution in [3.63, 3.8) is 0 Å². The number of hydrogen-bond donors (Lipinski definition) is 1. The second kappa shape index (κ2) is 9.47. The third-order valence-electron chi connectivity index (χ3n) is 6.15. The van der Waals surface area contributed by atoms with Gasteiger partial charge in [0, 0.05) is 23.8 Å². The van der Waals surface area contributed by atoms with Gasteiger partial charge in [-0.05, 0) is 55.2 Å². The van der Waals surface area contributed by atoms with E-state index in [-0.39, 0.29) is 23.1 Å². The van der Waals surface area contributed by atoms with Gasteiger partial charge in [0.25, 0.3) is 10.0 Å².